The Balaban J connectivity index is 1.73. The average molecular weight is 386 g/mol. The van der Waals surface area contributed by atoms with Gasteiger partial charge in [-0.15, -0.1) is 0 Å². The standard InChI is InChI=1S/C20H17F3N4O/c1-27-18(13-5-3-2-4-6-13)16(20(21,22)23)17(26-27)19(28)25-14-9-10-24-15(11-14)12-7-8-12/h2-6,9-12H,7-8H2,1H3,(H,24,25,28). The fourth-order valence-electron chi connectivity index (χ4n) is 3.20. The van der Waals surface area contributed by atoms with Gasteiger partial charge in [0.1, 0.15) is 5.56 Å². The summed E-state index contributed by atoms with van der Waals surface area (Å²) in [4.78, 5) is 16.9. The number of carbonyl (C=O) groups excluding carboxylic acids is 1. The Kier molecular flexibility index (Phi) is 4.41. The highest BCUT2D eigenvalue weighted by Crippen LogP contribution is 2.40. The molecule has 1 N–H and O–H groups in total. The molecule has 1 saturated carbocycles. The number of halogens is 3. The molecular formula is C20H17F3N4O. The lowest BCUT2D eigenvalue weighted by molar-refractivity contribution is -0.137. The van der Waals surface area contributed by atoms with Gasteiger partial charge in [0.2, 0.25) is 0 Å². The van der Waals surface area contributed by atoms with Crippen LogP contribution in [0.4, 0.5) is 18.9 Å². The molecule has 2 aromatic heterocycles. The Morgan fingerprint density at radius 2 is 1.89 bits per heavy atom. The number of benzene rings is 1. The van der Waals surface area contributed by atoms with Crippen molar-refractivity contribution in [1.82, 2.24) is 14.8 Å². The van der Waals surface area contributed by atoms with Crippen molar-refractivity contribution in [3.63, 3.8) is 0 Å². The molecule has 0 saturated heterocycles. The first kappa shape index (κ1) is 18.2. The fraction of sp³-hybridized carbons (Fsp3) is 0.250. The van der Waals surface area contributed by atoms with Crippen LogP contribution in [-0.2, 0) is 13.2 Å². The van der Waals surface area contributed by atoms with Crippen LogP contribution in [0.25, 0.3) is 11.3 Å². The number of nitrogens with one attached hydrogen (secondary N) is 1. The molecule has 0 atom stereocenters. The second kappa shape index (κ2) is 6.78. The summed E-state index contributed by atoms with van der Waals surface area (Å²) in [5.74, 6) is -0.542. The molecule has 0 spiro atoms. The molecule has 4 rings (SSSR count). The molecule has 1 aliphatic carbocycles. The highest BCUT2D eigenvalue weighted by Gasteiger charge is 2.42. The average Bonchev–Trinajstić information content (AvgIpc) is 3.44. The van der Waals surface area contributed by atoms with Crippen molar-refractivity contribution >= 4 is 11.6 Å². The van der Waals surface area contributed by atoms with Gasteiger partial charge in [-0.2, -0.15) is 18.3 Å². The number of rotatable bonds is 4. The summed E-state index contributed by atoms with van der Waals surface area (Å²) in [6.45, 7) is 0. The van der Waals surface area contributed by atoms with Crippen LogP contribution in [-0.4, -0.2) is 20.7 Å². The van der Waals surface area contributed by atoms with E-state index in [4.69, 9.17) is 0 Å². The number of amides is 1. The minimum Gasteiger partial charge on any atom is -0.320 e. The monoisotopic (exact) mass is 386 g/mol. The van der Waals surface area contributed by atoms with Crippen LogP contribution in [0.3, 0.4) is 0 Å². The maximum absolute atomic E-state index is 13.8. The summed E-state index contributed by atoms with van der Waals surface area (Å²) < 4.78 is 42.6. The molecular weight excluding hydrogens is 369 g/mol. The quantitative estimate of drug-likeness (QED) is 0.711. The first-order valence-electron chi connectivity index (χ1n) is 8.81. The van der Waals surface area contributed by atoms with E-state index in [1.165, 1.54) is 7.05 Å². The van der Waals surface area contributed by atoms with Crippen molar-refractivity contribution in [1.29, 1.82) is 0 Å². The molecule has 28 heavy (non-hydrogen) atoms. The van der Waals surface area contributed by atoms with E-state index >= 15 is 0 Å². The predicted octanol–water partition coefficient (Wildman–Crippen LogP) is 4.63. The lowest BCUT2D eigenvalue weighted by Crippen LogP contribution is -2.18. The van der Waals surface area contributed by atoms with Crippen LogP contribution in [0.5, 0.6) is 0 Å². The van der Waals surface area contributed by atoms with Gasteiger partial charge in [0.25, 0.3) is 5.91 Å². The molecule has 1 aliphatic rings. The third-order valence-electron chi connectivity index (χ3n) is 4.63. The number of hydrogen-bond acceptors (Lipinski definition) is 3. The first-order valence-corrected chi connectivity index (χ1v) is 8.81. The number of anilines is 1. The largest absolute Gasteiger partial charge is 0.420 e. The number of hydrogen-bond donors (Lipinski definition) is 1. The zero-order valence-electron chi connectivity index (χ0n) is 15.0. The lowest BCUT2D eigenvalue weighted by Gasteiger charge is -2.11. The number of nitrogens with zero attached hydrogens (tertiary/aromatic N) is 3. The predicted molar refractivity (Wildman–Crippen MR) is 97.8 cm³/mol. The Morgan fingerprint density at radius 1 is 1.18 bits per heavy atom. The van der Waals surface area contributed by atoms with Crippen molar-refractivity contribution in [2.45, 2.75) is 24.9 Å². The smallest absolute Gasteiger partial charge is 0.320 e. The molecule has 0 radical (unpaired) electrons. The molecule has 1 fully saturated rings. The first-order chi connectivity index (χ1) is 13.3. The second-order valence-corrected chi connectivity index (χ2v) is 6.76. The van der Waals surface area contributed by atoms with Gasteiger partial charge in [0.15, 0.2) is 5.69 Å². The summed E-state index contributed by atoms with van der Waals surface area (Å²) in [7, 11) is 1.39. The minimum atomic E-state index is -4.73. The number of aromatic nitrogens is 3. The van der Waals surface area contributed by atoms with Crippen molar-refractivity contribution in [2.24, 2.45) is 7.05 Å². The third-order valence-corrected chi connectivity index (χ3v) is 4.63. The number of pyridine rings is 1. The van der Waals surface area contributed by atoms with E-state index in [0.717, 1.165) is 23.2 Å². The second-order valence-electron chi connectivity index (χ2n) is 6.76. The van der Waals surface area contributed by atoms with E-state index in [1.54, 1.807) is 48.7 Å². The maximum Gasteiger partial charge on any atom is 0.420 e. The van der Waals surface area contributed by atoms with E-state index in [9.17, 15) is 18.0 Å². The zero-order valence-corrected chi connectivity index (χ0v) is 15.0. The lowest BCUT2D eigenvalue weighted by atomic mass is 10.0. The maximum atomic E-state index is 13.8. The molecule has 1 amide bonds. The van der Waals surface area contributed by atoms with Gasteiger partial charge < -0.3 is 5.32 Å². The molecule has 2 heterocycles. The summed E-state index contributed by atoms with van der Waals surface area (Å²) in [6.07, 6.45) is -1.13. The molecule has 144 valence electrons. The fourth-order valence-corrected chi connectivity index (χ4v) is 3.20. The normalized spacial score (nSPS) is 14.1. The molecule has 8 heteroatoms. The van der Waals surface area contributed by atoms with Crippen molar-refractivity contribution in [3.05, 3.63) is 65.6 Å². The van der Waals surface area contributed by atoms with Crippen molar-refractivity contribution in [3.8, 4) is 11.3 Å². The van der Waals surface area contributed by atoms with E-state index in [0.29, 0.717) is 17.2 Å². The van der Waals surface area contributed by atoms with E-state index in [2.05, 4.69) is 15.4 Å². The van der Waals surface area contributed by atoms with E-state index in [1.807, 2.05) is 0 Å². The van der Waals surface area contributed by atoms with Gasteiger partial charge in [0.05, 0.1) is 5.69 Å². The van der Waals surface area contributed by atoms with Crippen molar-refractivity contribution < 1.29 is 18.0 Å². The van der Waals surface area contributed by atoms with Gasteiger partial charge in [-0.3, -0.25) is 14.5 Å². The molecule has 3 aromatic rings. The van der Waals surface area contributed by atoms with Crippen LogP contribution < -0.4 is 5.32 Å². The molecule has 5 nitrogen and oxygen atoms in total. The minimum absolute atomic E-state index is 0.147. The van der Waals surface area contributed by atoms with Gasteiger partial charge in [0, 0.05) is 36.1 Å². The van der Waals surface area contributed by atoms with Gasteiger partial charge in [-0.1, -0.05) is 30.3 Å². The number of aryl methyl sites for hydroxylation is 1. The molecule has 0 bridgehead atoms. The van der Waals surface area contributed by atoms with Crippen LogP contribution in [0.15, 0.2) is 48.7 Å². The Hall–Kier alpha value is -3.16. The highest BCUT2D eigenvalue weighted by atomic mass is 19.4. The topological polar surface area (TPSA) is 59.8 Å². The zero-order chi connectivity index (χ0) is 19.9. The van der Waals surface area contributed by atoms with Gasteiger partial charge in [-0.05, 0) is 25.0 Å². The summed E-state index contributed by atoms with van der Waals surface area (Å²) in [5.41, 5.74) is -0.272. The van der Waals surface area contributed by atoms with Gasteiger partial charge >= 0.3 is 6.18 Å². The van der Waals surface area contributed by atoms with Crippen molar-refractivity contribution in [2.75, 3.05) is 5.32 Å². The number of carbonyl (C=O) groups is 1. The van der Waals surface area contributed by atoms with Crippen LogP contribution in [0, 0.1) is 0 Å². The van der Waals surface area contributed by atoms with Gasteiger partial charge in [-0.25, -0.2) is 0 Å². The summed E-state index contributed by atoms with van der Waals surface area (Å²) >= 11 is 0. The highest BCUT2D eigenvalue weighted by molar-refractivity contribution is 6.05. The van der Waals surface area contributed by atoms with Crippen LogP contribution in [0.2, 0.25) is 0 Å². The SMILES string of the molecule is Cn1nc(C(=O)Nc2ccnc(C3CC3)c2)c(C(F)(F)F)c1-c1ccccc1. The molecule has 0 unspecified atom stereocenters. The van der Waals surface area contributed by atoms with E-state index in [-0.39, 0.29) is 5.69 Å². The Bertz CT molecular complexity index is 1020. The molecule has 0 aliphatic heterocycles. The summed E-state index contributed by atoms with van der Waals surface area (Å²) in [5, 5.41) is 6.42. The molecule has 1 aromatic carbocycles. The third kappa shape index (κ3) is 3.49. The number of alkyl halides is 3. The van der Waals surface area contributed by atoms with Crippen LogP contribution in [0.1, 0.15) is 40.5 Å². The Morgan fingerprint density at radius 3 is 2.54 bits per heavy atom. The van der Waals surface area contributed by atoms with Crippen LogP contribution >= 0.6 is 0 Å². The Labute approximate surface area is 159 Å². The van der Waals surface area contributed by atoms with E-state index < -0.39 is 23.3 Å². The summed E-state index contributed by atoms with van der Waals surface area (Å²) in [6, 6.07) is 11.3.